The second kappa shape index (κ2) is 8.38. The Labute approximate surface area is 181 Å². The van der Waals surface area contributed by atoms with Gasteiger partial charge in [0.15, 0.2) is 17.2 Å². The Bertz CT molecular complexity index is 1220. The fourth-order valence-electron chi connectivity index (χ4n) is 3.54. The predicted octanol–water partition coefficient (Wildman–Crippen LogP) is 5.04. The molecule has 1 unspecified atom stereocenters. The summed E-state index contributed by atoms with van der Waals surface area (Å²) < 4.78 is 60.5. The largest absolute Gasteiger partial charge is 0.494 e. The maximum atomic E-state index is 14.0. The van der Waals surface area contributed by atoms with Crippen LogP contribution in [0.4, 0.5) is 23.2 Å². The van der Waals surface area contributed by atoms with Crippen LogP contribution in [0.25, 0.3) is 10.9 Å². The lowest BCUT2D eigenvalue weighted by Gasteiger charge is -2.35. The molecule has 0 fully saturated rings. The number of hydrogen-bond acceptors (Lipinski definition) is 4. The summed E-state index contributed by atoms with van der Waals surface area (Å²) in [6, 6.07) is 11.1. The van der Waals surface area contributed by atoms with Crippen molar-refractivity contribution in [2.24, 2.45) is 4.99 Å². The number of aliphatic hydroxyl groups is 1. The lowest BCUT2D eigenvalue weighted by Crippen LogP contribution is -2.50. The Morgan fingerprint density at radius 1 is 1.12 bits per heavy atom. The minimum atomic E-state index is -5.03. The van der Waals surface area contributed by atoms with E-state index in [1.807, 2.05) is 0 Å². The standard InChI is InChI=1S/C23H22F4N2O3/c1-21(2,14-7-9-16(24)19(11-14)32-3)12-22(31,23(25,26)27)13-28-17-5-4-6-18-15(17)8-10-20(30)29-18/h4-11,13,31H,12H2,1-3H3,(H,29,30)/b28-13+. The number of fused-ring (bicyclic) bond motifs is 1. The van der Waals surface area contributed by atoms with Gasteiger partial charge in [-0.3, -0.25) is 9.79 Å². The summed E-state index contributed by atoms with van der Waals surface area (Å²) in [6.45, 7) is 3.01. The van der Waals surface area contributed by atoms with E-state index in [2.05, 4.69) is 9.98 Å². The highest BCUT2D eigenvalue weighted by molar-refractivity contribution is 5.91. The van der Waals surface area contributed by atoms with Crippen molar-refractivity contribution in [3.05, 3.63) is 70.3 Å². The molecule has 9 heteroatoms. The predicted molar refractivity (Wildman–Crippen MR) is 114 cm³/mol. The van der Waals surface area contributed by atoms with E-state index < -0.39 is 29.4 Å². The number of methoxy groups -OCH3 is 1. The van der Waals surface area contributed by atoms with Crippen LogP contribution in [-0.2, 0) is 5.41 Å². The van der Waals surface area contributed by atoms with Crippen molar-refractivity contribution in [2.45, 2.75) is 37.5 Å². The lowest BCUT2D eigenvalue weighted by molar-refractivity contribution is -0.234. The molecule has 0 aliphatic carbocycles. The summed E-state index contributed by atoms with van der Waals surface area (Å²) in [5.41, 5.74) is -3.94. The number of benzene rings is 2. The Morgan fingerprint density at radius 2 is 1.84 bits per heavy atom. The summed E-state index contributed by atoms with van der Waals surface area (Å²) in [5, 5.41) is 11.1. The number of H-pyrrole nitrogens is 1. The van der Waals surface area contributed by atoms with Crippen molar-refractivity contribution in [3.63, 3.8) is 0 Å². The van der Waals surface area contributed by atoms with Crippen molar-refractivity contribution in [1.82, 2.24) is 4.98 Å². The molecule has 0 aliphatic heterocycles. The molecular weight excluding hydrogens is 428 g/mol. The molecule has 2 aromatic carbocycles. The maximum absolute atomic E-state index is 14.0. The van der Waals surface area contributed by atoms with Crippen LogP contribution in [0.15, 0.2) is 58.3 Å². The minimum Gasteiger partial charge on any atom is -0.494 e. The van der Waals surface area contributed by atoms with Crippen LogP contribution >= 0.6 is 0 Å². The van der Waals surface area contributed by atoms with Gasteiger partial charge in [0.05, 0.1) is 18.3 Å². The zero-order valence-electron chi connectivity index (χ0n) is 17.6. The summed E-state index contributed by atoms with van der Waals surface area (Å²) in [4.78, 5) is 18.0. The molecule has 170 valence electrons. The summed E-state index contributed by atoms with van der Waals surface area (Å²) in [7, 11) is 1.26. The topological polar surface area (TPSA) is 74.7 Å². The van der Waals surface area contributed by atoms with E-state index >= 15 is 0 Å². The molecule has 0 saturated heterocycles. The average Bonchev–Trinajstić information content (AvgIpc) is 2.71. The second-order valence-electron chi connectivity index (χ2n) is 8.15. The first-order valence-electron chi connectivity index (χ1n) is 9.67. The van der Waals surface area contributed by atoms with Crippen molar-refractivity contribution in [3.8, 4) is 5.75 Å². The molecule has 5 nitrogen and oxygen atoms in total. The fourth-order valence-corrected chi connectivity index (χ4v) is 3.54. The fraction of sp³-hybridized carbons (Fsp3) is 0.304. The molecule has 1 heterocycles. The van der Waals surface area contributed by atoms with Crippen molar-refractivity contribution < 1.29 is 27.4 Å². The van der Waals surface area contributed by atoms with E-state index in [0.717, 1.165) is 6.07 Å². The molecule has 1 atom stereocenters. The normalized spacial score (nSPS) is 14.6. The van der Waals surface area contributed by atoms with Gasteiger partial charge in [0.1, 0.15) is 0 Å². The summed E-state index contributed by atoms with van der Waals surface area (Å²) in [6.07, 6.45) is -5.34. The van der Waals surface area contributed by atoms with E-state index in [-0.39, 0.29) is 17.0 Å². The second-order valence-corrected chi connectivity index (χ2v) is 8.15. The van der Waals surface area contributed by atoms with Gasteiger partial charge in [-0.05, 0) is 47.7 Å². The van der Waals surface area contributed by atoms with Crippen molar-refractivity contribution in [2.75, 3.05) is 7.11 Å². The number of nitrogens with one attached hydrogen (secondary N) is 1. The molecule has 0 radical (unpaired) electrons. The SMILES string of the molecule is COc1cc(C(C)(C)CC(O)(/C=N/c2cccc3[nH]c(=O)ccc23)C(F)(F)F)ccc1F. The number of aliphatic imine (C=N–C) groups is 1. The first-order valence-corrected chi connectivity index (χ1v) is 9.67. The smallest absolute Gasteiger partial charge is 0.422 e. The number of ether oxygens (including phenoxy) is 1. The molecule has 3 aromatic rings. The van der Waals surface area contributed by atoms with E-state index in [0.29, 0.717) is 22.7 Å². The van der Waals surface area contributed by atoms with Gasteiger partial charge >= 0.3 is 6.18 Å². The first-order chi connectivity index (χ1) is 14.9. The summed E-state index contributed by atoms with van der Waals surface area (Å²) in [5.74, 6) is -0.752. The molecule has 2 N–H and O–H groups in total. The van der Waals surface area contributed by atoms with Gasteiger partial charge in [-0.25, -0.2) is 4.39 Å². The van der Waals surface area contributed by atoms with Crippen molar-refractivity contribution >= 4 is 22.8 Å². The van der Waals surface area contributed by atoms with Gasteiger partial charge < -0.3 is 14.8 Å². The monoisotopic (exact) mass is 450 g/mol. The average molecular weight is 450 g/mol. The van der Waals surface area contributed by atoms with Gasteiger partial charge in [-0.15, -0.1) is 0 Å². The summed E-state index contributed by atoms with van der Waals surface area (Å²) >= 11 is 0. The van der Waals surface area contributed by atoms with Crippen LogP contribution in [-0.4, -0.2) is 35.2 Å². The van der Waals surface area contributed by atoms with Gasteiger partial charge in [0.2, 0.25) is 5.56 Å². The zero-order valence-corrected chi connectivity index (χ0v) is 17.6. The Kier molecular flexibility index (Phi) is 6.15. The van der Waals surface area contributed by atoms with Gasteiger partial charge in [0.25, 0.3) is 0 Å². The third kappa shape index (κ3) is 4.67. The van der Waals surface area contributed by atoms with Gasteiger partial charge in [-0.1, -0.05) is 26.0 Å². The third-order valence-corrected chi connectivity index (χ3v) is 5.29. The number of aromatic amines is 1. The number of nitrogens with zero attached hydrogens (tertiary/aromatic N) is 1. The quantitative estimate of drug-likeness (QED) is 0.408. The van der Waals surface area contributed by atoms with Crippen LogP contribution in [0.1, 0.15) is 25.8 Å². The lowest BCUT2D eigenvalue weighted by atomic mass is 9.75. The van der Waals surface area contributed by atoms with E-state index in [4.69, 9.17) is 4.74 Å². The van der Waals surface area contributed by atoms with Gasteiger partial charge in [-0.2, -0.15) is 13.2 Å². The highest BCUT2D eigenvalue weighted by Gasteiger charge is 2.55. The number of hydrogen-bond donors (Lipinski definition) is 2. The maximum Gasteiger partial charge on any atom is 0.422 e. The molecule has 32 heavy (non-hydrogen) atoms. The molecule has 3 rings (SSSR count). The van der Waals surface area contributed by atoms with Crippen LogP contribution in [0, 0.1) is 5.82 Å². The third-order valence-electron chi connectivity index (χ3n) is 5.29. The highest BCUT2D eigenvalue weighted by atomic mass is 19.4. The molecule has 1 aromatic heterocycles. The van der Waals surface area contributed by atoms with E-state index in [1.165, 1.54) is 57.4 Å². The Balaban J connectivity index is 2.01. The van der Waals surface area contributed by atoms with Crippen LogP contribution in [0.2, 0.25) is 0 Å². The first kappa shape index (κ1) is 23.5. The number of pyridine rings is 1. The molecule has 0 amide bonds. The molecule has 0 aliphatic rings. The Hall–Kier alpha value is -3.20. The number of rotatable bonds is 6. The Morgan fingerprint density at radius 3 is 2.50 bits per heavy atom. The van der Waals surface area contributed by atoms with Gasteiger partial charge in [0, 0.05) is 17.7 Å². The molecule has 0 saturated carbocycles. The van der Waals surface area contributed by atoms with Crippen LogP contribution in [0.3, 0.4) is 0 Å². The minimum absolute atomic E-state index is 0.107. The number of halogens is 4. The van der Waals surface area contributed by atoms with E-state index in [9.17, 15) is 27.5 Å². The number of alkyl halides is 3. The molecular formula is C23H22F4N2O3. The highest BCUT2D eigenvalue weighted by Crippen LogP contribution is 2.41. The van der Waals surface area contributed by atoms with E-state index in [1.54, 1.807) is 6.07 Å². The van der Waals surface area contributed by atoms with Crippen LogP contribution < -0.4 is 10.3 Å². The molecule has 0 spiro atoms. The molecule has 0 bridgehead atoms. The number of aromatic nitrogens is 1. The zero-order chi connectivity index (χ0) is 23.7. The van der Waals surface area contributed by atoms with Crippen molar-refractivity contribution in [1.29, 1.82) is 0 Å². The van der Waals surface area contributed by atoms with Crippen LogP contribution in [0.5, 0.6) is 5.75 Å².